The van der Waals surface area contributed by atoms with Crippen molar-refractivity contribution in [2.24, 2.45) is 0 Å². The fraction of sp³-hybridized carbons (Fsp3) is 0.588. The number of likely N-dealkylation sites (tertiary alicyclic amines) is 1. The molecule has 1 heterocycles. The molecule has 0 radical (unpaired) electrons. The highest BCUT2D eigenvalue weighted by molar-refractivity contribution is 5.74. The highest BCUT2D eigenvalue weighted by atomic mass is 16.2. The summed E-state index contributed by atoms with van der Waals surface area (Å²) in [7, 11) is 3.63. The van der Waals surface area contributed by atoms with Gasteiger partial charge in [-0.25, -0.2) is 4.79 Å². The number of amides is 2. The molecule has 0 spiro atoms. The van der Waals surface area contributed by atoms with Crippen molar-refractivity contribution < 1.29 is 4.79 Å². The maximum absolute atomic E-state index is 11.9. The summed E-state index contributed by atoms with van der Waals surface area (Å²) < 4.78 is 0. The highest BCUT2D eigenvalue weighted by Crippen LogP contribution is 2.24. The zero-order valence-electron chi connectivity index (χ0n) is 13.6. The first-order valence-corrected chi connectivity index (χ1v) is 7.84. The molecule has 1 aliphatic rings. The third kappa shape index (κ3) is 3.69. The Labute approximate surface area is 128 Å². The largest absolute Gasteiger partial charge is 0.382 e. The van der Waals surface area contributed by atoms with Gasteiger partial charge in [0, 0.05) is 38.9 Å². The molecule has 0 saturated carbocycles. The minimum Gasteiger partial charge on any atom is -0.382 e. The molecule has 4 nitrogen and oxygen atoms in total. The van der Waals surface area contributed by atoms with E-state index in [-0.39, 0.29) is 6.03 Å². The third-order valence-electron chi connectivity index (χ3n) is 4.24. The van der Waals surface area contributed by atoms with Crippen LogP contribution in [0.15, 0.2) is 18.2 Å². The second-order valence-electron chi connectivity index (χ2n) is 6.05. The predicted molar refractivity (Wildman–Crippen MR) is 87.9 cm³/mol. The Kier molecular flexibility index (Phi) is 5.10. The Balaban J connectivity index is 1.97. The van der Waals surface area contributed by atoms with Crippen molar-refractivity contribution in [3.63, 3.8) is 0 Å². The number of carbonyl (C=O) groups excluding carboxylic acids is 1. The van der Waals surface area contributed by atoms with Gasteiger partial charge in [0.25, 0.3) is 0 Å². The standard InChI is InChI=1S/C17H27N3O/c1-5-14-8-6-7-13(2)16(14)18-15-9-11-20(12-10-15)17(21)19(3)4/h6-8,15,18H,5,9-12H2,1-4H3. The van der Waals surface area contributed by atoms with Crippen molar-refractivity contribution in [3.05, 3.63) is 29.3 Å². The molecule has 2 amide bonds. The van der Waals surface area contributed by atoms with E-state index in [1.807, 2.05) is 19.0 Å². The van der Waals surface area contributed by atoms with Crippen LogP contribution in [0, 0.1) is 6.92 Å². The molecule has 1 saturated heterocycles. The van der Waals surface area contributed by atoms with Crippen LogP contribution in [0.4, 0.5) is 10.5 Å². The molecule has 0 atom stereocenters. The number of hydrogen-bond donors (Lipinski definition) is 1. The van der Waals surface area contributed by atoms with Crippen LogP contribution in [-0.2, 0) is 6.42 Å². The lowest BCUT2D eigenvalue weighted by molar-refractivity contribution is 0.158. The third-order valence-corrected chi connectivity index (χ3v) is 4.24. The molecule has 0 aliphatic carbocycles. The molecule has 0 bridgehead atoms. The number of anilines is 1. The number of carbonyl (C=O) groups is 1. The topological polar surface area (TPSA) is 35.6 Å². The van der Waals surface area contributed by atoms with Gasteiger partial charge in [-0.2, -0.15) is 0 Å². The average molecular weight is 289 g/mol. The van der Waals surface area contributed by atoms with Crippen LogP contribution >= 0.6 is 0 Å². The SMILES string of the molecule is CCc1cccc(C)c1NC1CCN(C(=O)N(C)C)CC1. The molecule has 1 aliphatic heterocycles. The Bertz CT molecular complexity index is 491. The van der Waals surface area contributed by atoms with E-state index in [2.05, 4.69) is 37.4 Å². The number of piperidine rings is 1. The lowest BCUT2D eigenvalue weighted by Gasteiger charge is -2.35. The molecule has 21 heavy (non-hydrogen) atoms. The maximum Gasteiger partial charge on any atom is 0.319 e. The van der Waals surface area contributed by atoms with Gasteiger partial charge < -0.3 is 15.1 Å². The van der Waals surface area contributed by atoms with E-state index in [1.54, 1.807) is 4.90 Å². The van der Waals surface area contributed by atoms with E-state index in [0.717, 1.165) is 32.4 Å². The Morgan fingerprint density at radius 3 is 2.57 bits per heavy atom. The highest BCUT2D eigenvalue weighted by Gasteiger charge is 2.24. The predicted octanol–water partition coefficient (Wildman–Crippen LogP) is 3.12. The monoisotopic (exact) mass is 289 g/mol. The minimum atomic E-state index is 0.124. The van der Waals surface area contributed by atoms with Gasteiger partial charge in [0.2, 0.25) is 0 Å². The van der Waals surface area contributed by atoms with Gasteiger partial charge in [0.1, 0.15) is 0 Å². The van der Waals surface area contributed by atoms with E-state index in [9.17, 15) is 4.79 Å². The number of rotatable bonds is 3. The first-order chi connectivity index (χ1) is 10.0. The van der Waals surface area contributed by atoms with E-state index < -0.39 is 0 Å². The van der Waals surface area contributed by atoms with Crippen LogP contribution in [0.2, 0.25) is 0 Å². The van der Waals surface area contributed by atoms with E-state index in [0.29, 0.717) is 6.04 Å². The average Bonchev–Trinajstić information content (AvgIpc) is 2.49. The summed E-state index contributed by atoms with van der Waals surface area (Å²) in [5, 5.41) is 3.71. The van der Waals surface area contributed by atoms with Gasteiger partial charge in [0.15, 0.2) is 0 Å². The van der Waals surface area contributed by atoms with Crippen molar-refractivity contribution in [2.45, 2.75) is 39.2 Å². The number of aryl methyl sites for hydroxylation is 2. The fourth-order valence-corrected chi connectivity index (χ4v) is 2.93. The van der Waals surface area contributed by atoms with Crippen LogP contribution in [-0.4, -0.2) is 49.1 Å². The molecule has 0 unspecified atom stereocenters. The quantitative estimate of drug-likeness (QED) is 0.928. The number of nitrogens with one attached hydrogen (secondary N) is 1. The summed E-state index contributed by atoms with van der Waals surface area (Å²) in [6.07, 6.45) is 3.07. The first-order valence-electron chi connectivity index (χ1n) is 7.84. The number of urea groups is 1. The zero-order valence-corrected chi connectivity index (χ0v) is 13.6. The molecule has 2 rings (SSSR count). The molecule has 0 aromatic heterocycles. The van der Waals surface area contributed by atoms with Crippen LogP contribution in [0.3, 0.4) is 0 Å². The summed E-state index contributed by atoms with van der Waals surface area (Å²) in [4.78, 5) is 15.5. The summed E-state index contributed by atoms with van der Waals surface area (Å²) in [6, 6.07) is 7.06. The van der Waals surface area contributed by atoms with Crippen molar-refractivity contribution in [2.75, 3.05) is 32.5 Å². The van der Waals surface area contributed by atoms with Crippen molar-refractivity contribution in [1.29, 1.82) is 0 Å². The van der Waals surface area contributed by atoms with Crippen molar-refractivity contribution in [3.8, 4) is 0 Å². The fourth-order valence-electron chi connectivity index (χ4n) is 2.93. The van der Waals surface area contributed by atoms with E-state index in [1.165, 1.54) is 16.8 Å². The second kappa shape index (κ2) is 6.83. The molecular weight excluding hydrogens is 262 g/mol. The lowest BCUT2D eigenvalue weighted by Crippen LogP contribution is -2.46. The summed E-state index contributed by atoms with van der Waals surface area (Å²) in [6.45, 7) is 6.02. The molecule has 116 valence electrons. The summed E-state index contributed by atoms with van der Waals surface area (Å²) >= 11 is 0. The van der Waals surface area contributed by atoms with Crippen LogP contribution < -0.4 is 5.32 Å². The number of nitrogens with zero attached hydrogens (tertiary/aromatic N) is 2. The molecule has 1 aromatic carbocycles. The smallest absolute Gasteiger partial charge is 0.319 e. The zero-order chi connectivity index (χ0) is 15.4. The van der Waals surface area contributed by atoms with Crippen molar-refractivity contribution in [1.82, 2.24) is 9.80 Å². The summed E-state index contributed by atoms with van der Waals surface area (Å²) in [5.74, 6) is 0. The molecule has 1 fully saturated rings. The van der Waals surface area contributed by atoms with E-state index in [4.69, 9.17) is 0 Å². The van der Waals surface area contributed by atoms with Gasteiger partial charge >= 0.3 is 6.03 Å². The summed E-state index contributed by atoms with van der Waals surface area (Å²) in [5.41, 5.74) is 3.97. The van der Waals surface area contributed by atoms with Gasteiger partial charge in [0.05, 0.1) is 0 Å². The van der Waals surface area contributed by atoms with Crippen LogP contribution in [0.5, 0.6) is 0 Å². The van der Waals surface area contributed by atoms with Gasteiger partial charge in [-0.05, 0) is 37.3 Å². The first kappa shape index (κ1) is 15.7. The lowest BCUT2D eigenvalue weighted by atomic mass is 10.0. The van der Waals surface area contributed by atoms with Gasteiger partial charge in [-0.15, -0.1) is 0 Å². The van der Waals surface area contributed by atoms with Gasteiger partial charge in [-0.1, -0.05) is 25.1 Å². The Morgan fingerprint density at radius 1 is 1.33 bits per heavy atom. The normalized spacial score (nSPS) is 15.9. The molecule has 4 heteroatoms. The van der Waals surface area contributed by atoms with Crippen LogP contribution in [0.1, 0.15) is 30.9 Å². The Hall–Kier alpha value is -1.71. The molecular formula is C17H27N3O. The maximum atomic E-state index is 11.9. The minimum absolute atomic E-state index is 0.124. The van der Waals surface area contributed by atoms with Crippen LogP contribution in [0.25, 0.3) is 0 Å². The second-order valence-corrected chi connectivity index (χ2v) is 6.05. The van der Waals surface area contributed by atoms with Crippen molar-refractivity contribution >= 4 is 11.7 Å². The van der Waals surface area contributed by atoms with E-state index >= 15 is 0 Å². The number of para-hydroxylation sites is 1. The molecule has 1 aromatic rings. The van der Waals surface area contributed by atoms with Gasteiger partial charge in [-0.3, -0.25) is 0 Å². The molecule has 1 N–H and O–H groups in total. The number of benzene rings is 1. The Morgan fingerprint density at radius 2 is 2.00 bits per heavy atom. The number of hydrogen-bond acceptors (Lipinski definition) is 2.